The Morgan fingerprint density at radius 2 is 2.10 bits per heavy atom. The molecule has 3 nitrogen and oxygen atoms in total. The maximum Gasteiger partial charge on any atom is 0.140 e. The fourth-order valence-electron chi connectivity index (χ4n) is 3.08. The molecule has 20 heavy (non-hydrogen) atoms. The number of benzene rings is 1. The Morgan fingerprint density at radius 1 is 1.20 bits per heavy atom. The Hall–Kier alpha value is -2.29. The highest BCUT2D eigenvalue weighted by Crippen LogP contribution is 2.36. The van der Waals surface area contributed by atoms with Crippen LogP contribution in [0.2, 0.25) is 0 Å². The number of ether oxygens (including phenoxy) is 1. The van der Waals surface area contributed by atoms with Gasteiger partial charge < -0.3 is 9.14 Å². The monoisotopic (exact) mass is 264 g/mol. The van der Waals surface area contributed by atoms with Crippen LogP contribution in [0, 0.1) is 6.92 Å². The molecule has 0 N–H and O–H groups in total. The SMILES string of the molecule is COc1ccc2c(c1)-c1nc3c(C)cccn3c1CC2. The Labute approximate surface area is 117 Å². The number of hydrogen-bond donors (Lipinski definition) is 0. The molecular formula is C17H16N2O. The van der Waals surface area contributed by atoms with Crippen molar-refractivity contribution in [3.63, 3.8) is 0 Å². The zero-order valence-electron chi connectivity index (χ0n) is 11.7. The minimum absolute atomic E-state index is 0.894. The van der Waals surface area contributed by atoms with Gasteiger partial charge in [0.25, 0.3) is 0 Å². The summed E-state index contributed by atoms with van der Waals surface area (Å²) in [6.07, 6.45) is 4.21. The first-order valence-electron chi connectivity index (χ1n) is 6.92. The fourth-order valence-corrected chi connectivity index (χ4v) is 3.08. The Morgan fingerprint density at radius 3 is 2.95 bits per heavy atom. The third kappa shape index (κ3) is 1.49. The maximum absolute atomic E-state index is 5.36. The van der Waals surface area contributed by atoms with Gasteiger partial charge in [-0.05, 0) is 49.1 Å². The lowest BCUT2D eigenvalue weighted by Crippen LogP contribution is -2.05. The molecule has 4 rings (SSSR count). The lowest BCUT2D eigenvalue weighted by molar-refractivity contribution is 0.415. The number of rotatable bonds is 1. The zero-order chi connectivity index (χ0) is 13.7. The van der Waals surface area contributed by atoms with Crippen molar-refractivity contribution in [2.75, 3.05) is 7.11 Å². The van der Waals surface area contributed by atoms with E-state index >= 15 is 0 Å². The molecule has 0 aliphatic heterocycles. The van der Waals surface area contributed by atoms with E-state index in [1.807, 2.05) is 6.07 Å². The third-order valence-electron chi connectivity index (χ3n) is 4.15. The first-order valence-corrected chi connectivity index (χ1v) is 6.92. The molecule has 0 spiro atoms. The number of nitrogens with zero attached hydrogens (tertiary/aromatic N) is 2. The highest BCUT2D eigenvalue weighted by molar-refractivity contribution is 5.74. The van der Waals surface area contributed by atoms with Crippen molar-refractivity contribution in [2.24, 2.45) is 0 Å². The van der Waals surface area contributed by atoms with Crippen LogP contribution in [0.25, 0.3) is 16.9 Å². The normalized spacial score (nSPS) is 13.1. The zero-order valence-corrected chi connectivity index (χ0v) is 11.7. The molecule has 3 heteroatoms. The molecule has 1 aliphatic carbocycles. The quantitative estimate of drug-likeness (QED) is 0.673. The first-order chi connectivity index (χ1) is 9.78. The van der Waals surface area contributed by atoms with E-state index in [1.165, 1.54) is 22.4 Å². The number of aromatic nitrogens is 2. The van der Waals surface area contributed by atoms with Gasteiger partial charge in [-0.2, -0.15) is 0 Å². The van der Waals surface area contributed by atoms with Gasteiger partial charge in [0, 0.05) is 11.8 Å². The van der Waals surface area contributed by atoms with E-state index in [0.29, 0.717) is 0 Å². The van der Waals surface area contributed by atoms with Gasteiger partial charge >= 0.3 is 0 Å². The van der Waals surface area contributed by atoms with Crippen molar-refractivity contribution >= 4 is 5.65 Å². The van der Waals surface area contributed by atoms with Gasteiger partial charge in [0.15, 0.2) is 0 Å². The summed E-state index contributed by atoms with van der Waals surface area (Å²) >= 11 is 0. The van der Waals surface area contributed by atoms with E-state index in [-0.39, 0.29) is 0 Å². The predicted molar refractivity (Wildman–Crippen MR) is 79.3 cm³/mol. The summed E-state index contributed by atoms with van der Waals surface area (Å²) in [5.41, 5.74) is 7.27. The van der Waals surface area contributed by atoms with Crippen LogP contribution in [0.3, 0.4) is 0 Å². The lowest BCUT2D eigenvalue weighted by Gasteiger charge is -2.16. The smallest absolute Gasteiger partial charge is 0.140 e. The van der Waals surface area contributed by atoms with Crippen LogP contribution in [-0.4, -0.2) is 16.5 Å². The lowest BCUT2D eigenvalue weighted by atomic mass is 9.92. The molecule has 100 valence electrons. The van der Waals surface area contributed by atoms with E-state index in [9.17, 15) is 0 Å². The molecule has 0 amide bonds. The van der Waals surface area contributed by atoms with E-state index < -0.39 is 0 Å². The predicted octanol–water partition coefficient (Wildman–Crippen LogP) is 3.42. The molecule has 1 aliphatic rings. The summed E-state index contributed by atoms with van der Waals surface area (Å²) in [7, 11) is 1.71. The van der Waals surface area contributed by atoms with E-state index in [1.54, 1.807) is 7.11 Å². The van der Waals surface area contributed by atoms with Crippen molar-refractivity contribution in [2.45, 2.75) is 19.8 Å². The highest BCUT2D eigenvalue weighted by atomic mass is 16.5. The van der Waals surface area contributed by atoms with E-state index in [0.717, 1.165) is 29.9 Å². The third-order valence-corrected chi connectivity index (χ3v) is 4.15. The van der Waals surface area contributed by atoms with Gasteiger partial charge in [0.05, 0.1) is 18.5 Å². The van der Waals surface area contributed by atoms with Crippen LogP contribution in [0.15, 0.2) is 36.5 Å². The minimum atomic E-state index is 0.894. The van der Waals surface area contributed by atoms with Gasteiger partial charge in [-0.3, -0.25) is 0 Å². The van der Waals surface area contributed by atoms with Crippen molar-refractivity contribution in [1.29, 1.82) is 0 Å². The van der Waals surface area contributed by atoms with Gasteiger partial charge in [-0.25, -0.2) is 4.98 Å². The van der Waals surface area contributed by atoms with Crippen LogP contribution in [0.1, 0.15) is 16.8 Å². The van der Waals surface area contributed by atoms with Crippen molar-refractivity contribution in [1.82, 2.24) is 9.38 Å². The van der Waals surface area contributed by atoms with Crippen molar-refractivity contribution < 1.29 is 4.74 Å². The molecular weight excluding hydrogens is 248 g/mol. The van der Waals surface area contributed by atoms with Gasteiger partial charge in [-0.15, -0.1) is 0 Å². The Bertz CT molecular complexity index is 817. The Balaban J connectivity index is 2.04. The average molecular weight is 264 g/mol. The standard InChI is InChI=1S/C17H16N2O/c1-11-4-3-9-19-15-8-6-12-5-7-13(20-2)10-14(12)16(15)18-17(11)19/h3-5,7,9-10H,6,8H2,1-2H3. The van der Waals surface area contributed by atoms with Gasteiger partial charge in [0.1, 0.15) is 11.4 Å². The number of methoxy groups -OCH3 is 1. The summed E-state index contributed by atoms with van der Waals surface area (Å²) in [6.45, 7) is 2.11. The first kappa shape index (κ1) is 11.5. The summed E-state index contributed by atoms with van der Waals surface area (Å²) in [4.78, 5) is 4.88. The van der Waals surface area contributed by atoms with Gasteiger partial charge in [0.2, 0.25) is 0 Å². The second-order valence-electron chi connectivity index (χ2n) is 5.31. The summed E-state index contributed by atoms with van der Waals surface area (Å²) < 4.78 is 7.59. The molecule has 3 aromatic rings. The average Bonchev–Trinajstić information content (AvgIpc) is 2.87. The second-order valence-corrected chi connectivity index (χ2v) is 5.31. The van der Waals surface area contributed by atoms with Crippen LogP contribution >= 0.6 is 0 Å². The van der Waals surface area contributed by atoms with Crippen LogP contribution < -0.4 is 4.74 Å². The molecule has 2 heterocycles. The number of imidazole rings is 1. The second kappa shape index (κ2) is 4.10. The van der Waals surface area contributed by atoms with Crippen LogP contribution in [0.5, 0.6) is 5.75 Å². The number of aryl methyl sites for hydroxylation is 3. The van der Waals surface area contributed by atoms with Crippen LogP contribution in [-0.2, 0) is 12.8 Å². The molecule has 0 radical (unpaired) electrons. The molecule has 0 saturated heterocycles. The summed E-state index contributed by atoms with van der Waals surface area (Å²) in [5.74, 6) is 0.894. The summed E-state index contributed by atoms with van der Waals surface area (Å²) in [6, 6.07) is 10.5. The van der Waals surface area contributed by atoms with Crippen molar-refractivity contribution in [3.05, 3.63) is 53.3 Å². The number of hydrogen-bond acceptors (Lipinski definition) is 2. The topological polar surface area (TPSA) is 26.5 Å². The van der Waals surface area contributed by atoms with E-state index in [2.05, 4.69) is 41.8 Å². The molecule has 0 fully saturated rings. The van der Waals surface area contributed by atoms with Crippen molar-refractivity contribution in [3.8, 4) is 17.0 Å². The molecule has 0 atom stereocenters. The van der Waals surface area contributed by atoms with E-state index in [4.69, 9.17) is 9.72 Å². The summed E-state index contributed by atoms with van der Waals surface area (Å²) in [5, 5.41) is 0. The molecule has 0 saturated carbocycles. The number of pyridine rings is 1. The highest BCUT2D eigenvalue weighted by Gasteiger charge is 2.22. The fraction of sp³-hybridized carbons (Fsp3) is 0.235. The molecule has 1 aromatic carbocycles. The molecule has 0 unspecified atom stereocenters. The maximum atomic E-state index is 5.36. The molecule has 0 bridgehead atoms. The molecule has 2 aromatic heterocycles. The number of fused-ring (bicyclic) bond motifs is 5. The van der Waals surface area contributed by atoms with Gasteiger partial charge in [-0.1, -0.05) is 12.1 Å². The minimum Gasteiger partial charge on any atom is -0.497 e. The Kier molecular flexibility index (Phi) is 2.36. The largest absolute Gasteiger partial charge is 0.497 e. The van der Waals surface area contributed by atoms with Crippen LogP contribution in [0.4, 0.5) is 0 Å².